The number of carboxylic acids is 1. The Balaban J connectivity index is 1.77. The lowest BCUT2D eigenvalue weighted by atomic mass is 10.1. The van der Waals surface area contributed by atoms with Gasteiger partial charge in [-0.25, -0.2) is 4.79 Å². The zero-order chi connectivity index (χ0) is 19.1. The minimum Gasteiger partial charge on any atom is -0.478 e. The lowest BCUT2D eigenvalue weighted by Gasteiger charge is -2.22. The van der Waals surface area contributed by atoms with Crippen molar-refractivity contribution in [2.24, 2.45) is 0 Å². The normalized spacial score (nSPS) is 14.3. The monoisotopic (exact) mass is 355 g/mol. The van der Waals surface area contributed by atoms with E-state index >= 15 is 0 Å². The third kappa shape index (κ3) is 3.79. The number of aromatic carboxylic acids is 1. The molecule has 0 radical (unpaired) electrons. The lowest BCUT2D eigenvalue weighted by molar-refractivity contribution is 0.0695. The van der Waals surface area contributed by atoms with Gasteiger partial charge in [-0.3, -0.25) is 9.48 Å². The highest BCUT2D eigenvalue weighted by Gasteiger charge is 2.33. The summed E-state index contributed by atoms with van der Waals surface area (Å²) >= 11 is 0. The summed E-state index contributed by atoms with van der Waals surface area (Å²) in [6.45, 7) is 6.68. The molecule has 1 fully saturated rings. The van der Waals surface area contributed by atoms with Crippen LogP contribution in [0.5, 0.6) is 0 Å². The predicted molar refractivity (Wildman–Crippen MR) is 98.4 cm³/mol. The van der Waals surface area contributed by atoms with E-state index in [1.54, 1.807) is 36.2 Å². The van der Waals surface area contributed by atoms with Gasteiger partial charge in [0.25, 0.3) is 5.91 Å². The first kappa shape index (κ1) is 18.2. The molecule has 1 amide bonds. The summed E-state index contributed by atoms with van der Waals surface area (Å²) in [4.78, 5) is 25.4. The molecule has 1 aromatic carbocycles. The number of hydrogen-bond donors (Lipinski definition) is 1. The SMILES string of the molecule is CN(Cc1ccc(C(=O)O)cc1)C(=O)c1cc(C2CC2)n(C(C)(C)C)n1. The van der Waals surface area contributed by atoms with E-state index in [4.69, 9.17) is 5.11 Å². The van der Waals surface area contributed by atoms with Crippen LogP contribution in [0.15, 0.2) is 30.3 Å². The fraction of sp³-hybridized carbons (Fsp3) is 0.450. The van der Waals surface area contributed by atoms with Gasteiger partial charge < -0.3 is 10.0 Å². The van der Waals surface area contributed by atoms with Gasteiger partial charge in [0.15, 0.2) is 5.69 Å². The van der Waals surface area contributed by atoms with Crippen molar-refractivity contribution in [2.75, 3.05) is 7.05 Å². The predicted octanol–water partition coefficient (Wildman–Crippen LogP) is 3.49. The highest BCUT2D eigenvalue weighted by molar-refractivity contribution is 5.92. The van der Waals surface area contributed by atoms with E-state index in [0.717, 1.165) is 24.1 Å². The van der Waals surface area contributed by atoms with E-state index in [2.05, 4.69) is 25.9 Å². The molecule has 6 nitrogen and oxygen atoms in total. The maximum atomic E-state index is 12.8. The van der Waals surface area contributed by atoms with E-state index in [1.807, 2.05) is 10.7 Å². The molecule has 1 aliphatic rings. The van der Waals surface area contributed by atoms with Crippen LogP contribution in [-0.4, -0.2) is 38.7 Å². The molecule has 1 aromatic heterocycles. The molecule has 0 spiro atoms. The van der Waals surface area contributed by atoms with Gasteiger partial charge in [0.2, 0.25) is 0 Å². The van der Waals surface area contributed by atoms with Crippen LogP contribution >= 0.6 is 0 Å². The second kappa shape index (κ2) is 6.59. The van der Waals surface area contributed by atoms with E-state index in [-0.39, 0.29) is 17.0 Å². The van der Waals surface area contributed by atoms with Crippen molar-refractivity contribution < 1.29 is 14.7 Å². The summed E-state index contributed by atoms with van der Waals surface area (Å²) in [7, 11) is 1.74. The number of aromatic nitrogens is 2. The first-order valence-electron chi connectivity index (χ1n) is 8.85. The number of rotatable bonds is 5. The summed E-state index contributed by atoms with van der Waals surface area (Å²) in [5, 5.41) is 13.6. The van der Waals surface area contributed by atoms with Crippen molar-refractivity contribution in [1.29, 1.82) is 0 Å². The molecule has 1 N–H and O–H groups in total. The Morgan fingerprint density at radius 1 is 1.23 bits per heavy atom. The highest BCUT2D eigenvalue weighted by Crippen LogP contribution is 2.41. The van der Waals surface area contributed by atoms with E-state index in [9.17, 15) is 9.59 Å². The molecule has 0 unspecified atom stereocenters. The van der Waals surface area contributed by atoms with E-state index in [1.165, 1.54) is 0 Å². The average molecular weight is 355 g/mol. The van der Waals surface area contributed by atoms with Crippen LogP contribution in [0, 0.1) is 0 Å². The number of carbonyl (C=O) groups is 2. The van der Waals surface area contributed by atoms with Crippen molar-refractivity contribution in [3.63, 3.8) is 0 Å². The lowest BCUT2D eigenvalue weighted by Crippen LogP contribution is -2.28. The van der Waals surface area contributed by atoms with Crippen molar-refractivity contribution >= 4 is 11.9 Å². The van der Waals surface area contributed by atoms with Gasteiger partial charge in [-0.2, -0.15) is 5.10 Å². The van der Waals surface area contributed by atoms with Crippen LogP contribution in [0.1, 0.15) is 71.6 Å². The fourth-order valence-corrected chi connectivity index (χ4v) is 3.00. The second-order valence-electron chi connectivity index (χ2n) is 7.97. The van der Waals surface area contributed by atoms with Crippen LogP contribution in [0.2, 0.25) is 0 Å². The van der Waals surface area contributed by atoms with Crippen molar-refractivity contribution in [3.8, 4) is 0 Å². The van der Waals surface area contributed by atoms with Crippen molar-refractivity contribution in [2.45, 2.75) is 51.6 Å². The third-order valence-electron chi connectivity index (χ3n) is 4.55. The molecular weight excluding hydrogens is 330 g/mol. The molecule has 6 heteroatoms. The molecule has 0 bridgehead atoms. The fourth-order valence-electron chi connectivity index (χ4n) is 3.00. The molecule has 0 atom stereocenters. The summed E-state index contributed by atoms with van der Waals surface area (Å²) in [6, 6.07) is 8.49. The Morgan fingerprint density at radius 2 is 1.85 bits per heavy atom. The third-order valence-corrected chi connectivity index (χ3v) is 4.55. The van der Waals surface area contributed by atoms with E-state index < -0.39 is 5.97 Å². The first-order chi connectivity index (χ1) is 12.2. The zero-order valence-electron chi connectivity index (χ0n) is 15.7. The van der Waals surface area contributed by atoms with Gasteiger partial charge in [-0.15, -0.1) is 0 Å². The minimum atomic E-state index is -0.957. The smallest absolute Gasteiger partial charge is 0.335 e. The highest BCUT2D eigenvalue weighted by atomic mass is 16.4. The standard InChI is InChI=1S/C20H25N3O3/c1-20(2,3)23-17(14-9-10-14)11-16(21-23)18(24)22(4)12-13-5-7-15(8-6-13)19(25)26/h5-8,11,14H,9-10,12H2,1-4H3,(H,25,26). The zero-order valence-corrected chi connectivity index (χ0v) is 15.7. The Kier molecular flexibility index (Phi) is 4.61. The Morgan fingerprint density at radius 3 is 2.35 bits per heavy atom. The molecular formula is C20H25N3O3. The number of amides is 1. The van der Waals surface area contributed by atoms with Gasteiger partial charge in [0.1, 0.15) is 0 Å². The molecule has 3 rings (SSSR count). The number of benzene rings is 1. The van der Waals surface area contributed by atoms with Gasteiger partial charge in [0, 0.05) is 25.2 Å². The maximum Gasteiger partial charge on any atom is 0.335 e. The van der Waals surface area contributed by atoms with Crippen LogP contribution < -0.4 is 0 Å². The molecule has 1 heterocycles. The largest absolute Gasteiger partial charge is 0.478 e. The van der Waals surface area contributed by atoms with Crippen molar-refractivity contribution in [3.05, 3.63) is 52.8 Å². The van der Waals surface area contributed by atoms with Gasteiger partial charge in [-0.1, -0.05) is 12.1 Å². The van der Waals surface area contributed by atoms with Gasteiger partial charge >= 0.3 is 5.97 Å². The van der Waals surface area contributed by atoms with Crippen LogP contribution in [-0.2, 0) is 12.1 Å². The minimum absolute atomic E-state index is 0.128. The molecule has 26 heavy (non-hydrogen) atoms. The molecule has 0 aliphatic heterocycles. The Labute approximate surface area is 153 Å². The Hall–Kier alpha value is -2.63. The number of hydrogen-bond acceptors (Lipinski definition) is 3. The summed E-state index contributed by atoms with van der Waals surface area (Å²) in [5.41, 5.74) is 2.55. The van der Waals surface area contributed by atoms with E-state index in [0.29, 0.717) is 18.2 Å². The quantitative estimate of drug-likeness (QED) is 0.891. The second-order valence-corrected chi connectivity index (χ2v) is 7.97. The van der Waals surface area contributed by atoms with Crippen LogP contribution in [0.4, 0.5) is 0 Å². The number of nitrogens with zero attached hydrogens (tertiary/aromatic N) is 3. The van der Waals surface area contributed by atoms with Gasteiger partial charge in [0.05, 0.1) is 11.1 Å². The number of carbonyl (C=O) groups excluding carboxylic acids is 1. The van der Waals surface area contributed by atoms with Crippen LogP contribution in [0.3, 0.4) is 0 Å². The average Bonchev–Trinajstić information content (AvgIpc) is 3.31. The summed E-state index contributed by atoms with van der Waals surface area (Å²) < 4.78 is 1.98. The molecule has 0 saturated heterocycles. The molecule has 1 saturated carbocycles. The first-order valence-corrected chi connectivity index (χ1v) is 8.85. The van der Waals surface area contributed by atoms with Crippen molar-refractivity contribution in [1.82, 2.24) is 14.7 Å². The van der Waals surface area contributed by atoms with Gasteiger partial charge in [-0.05, 0) is 57.4 Å². The van der Waals surface area contributed by atoms with Crippen LogP contribution in [0.25, 0.3) is 0 Å². The Bertz CT molecular complexity index is 827. The molecule has 2 aromatic rings. The maximum absolute atomic E-state index is 12.8. The molecule has 138 valence electrons. The number of carboxylic acid groups (broad SMARTS) is 1. The summed E-state index contributed by atoms with van der Waals surface area (Å²) in [6.07, 6.45) is 2.31. The molecule has 1 aliphatic carbocycles. The summed E-state index contributed by atoms with van der Waals surface area (Å²) in [5.74, 6) is -0.573. The topological polar surface area (TPSA) is 75.4 Å².